The molecule has 3 nitrogen and oxygen atoms in total. The lowest BCUT2D eigenvalue weighted by Crippen LogP contribution is -2.09. The molecule has 2 N–H and O–H groups in total. The number of hydrogen-bond donors (Lipinski definition) is 2. The standard InChI is InChI=1S/C12H17NO2/c1-4-11-8(2)5-10(7-14)6-12(11)13-9(3)15/h5-6,14H,4,7H2,1-3H3,(H,13,15). The summed E-state index contributed by atoms with van der Waals surface area (Å²) in [5, 5.41) is 11.9. The molecule has 0 spiro atoms. The molecule has 0 aromatic heterocycles. The first-order valence-electron chi connectivity index (χ1n) is 5.09. The Bertz CT molecular complexity index is 372. The van der Waals surface area contributed by atoms with Crippen LogP contribution in [0, 0.1) is 6.92 Å². The smallest absolute Gasteiger partial charge is 0.221 e. The van der Waals surface area contributed by atoms with Crippen LogP contribution in [0.1, 0.15) is 30.5 Å². The van der Waals surface area contributed by atoms with E-state index in [1.165, 1.54) is 6.92 Å². The highest BCUT2D eigenvalue weighted by atomic mass is 16.3. The third kappa shape index (κ3) is 2.80. The minimum absolute atomic E-state index is 0.00256. The van der Waals surface area contributed by atoms with Crippen molar-refractivity contribution in [2.75, 3.05) is 5.32 Å². The van der Waals surface area contributed by atoms with Gasteiger partial charge < -0.3 is 10.4 Å². The molecule has 0 unspecified atom stereocenters. The summed E-state index contributed by atoms with van der Waals surface area (Å²) >= 11 is 0. The van der Waals surface area contributed by atoms with Crippen molar-refractivity contribution in [3.63, 3.8) is 0 Å². The minimum Gasteiger partial charge on any atom is -0.392 e. The molecule has 82 valence electrons. The lowest BCUT2D eigenvalue weighted by atomic mass is 10.0. The van der Waals surface area contributed by atoms with Crippen LogP contribution >= 0.6 is 0 Å². The summed E-state index contributed by atoms with van der Waals surface area (Å²) in [4.78, 5) is 11.0. The molecule has 1 aromatic rings. The molecule has 0 saturated carbocycles. The Morgan fingerprint density at radius 3 is 2.60 bits per heavy atom. The first-order chi connectivity index (χ1) is 7.08. The maximum Gasteiger partial charge on any atom is 0.221 e. The van der Waals surface area contributed by atoms with E-state index in [0.29, 0.717) is 0 Å². The summed E-state index contributed by atoms with van der Waals surface area (Å²) in [5.41, 5.74) is 3.87. The van der Waals surface area contributed by atoms with Crippen LogP contribution in [0.5, 0.6) is 0 Å². The van der Waals surface area contributed by atoms with Crippen LogP contribution in [-0.4, -0.2) is 11.0 Å². The molecule has 0 fully saturated rings. The molecule has 0 atom stereocenters. The molecule has 15 heavy (non-hydrogen) atoms. The van der Waals surface area contributed by atoms with Gasteiger partial charge in [-0.25, -0.2) is 0 Å². The summed E-state index contributed by atoms with van der Waals surface area (Å²) in [6, 6.07) is 3.78. The SMILES string of the molecule is CCc1c(C)cc(CO)cc1NC(C)=O. The predicted molar refractivity (Wildman–Crippen MR) is 60.8 cm³/mol. The number of carbonyl (C=O) groups is 1. The number of anilines is 1. The molecular weight excluding hydrogens is 190 g/mol. The zero-order chi connectivity index (χ0) is 11.4. The molecule has 0 aliphatic carbocycles. The second-order valence-electron chi connectivity index (χ2n) is 3.63. The van der Waals surface area contributed by atoms with Gasteiger partial charge >= 0.3 is 0 Å². The largest absolute Gasteiger partial charge is 0.392 e. The topological polar surface area (TPSA) is 49.3 Å². The summed E-state index contributed by atoms with van der Waals surface area (Å²) < 4.78 is 0. The first kappa shape index (κ1) is 11.7. The van der Waals surface area contributed by atoms with E-state index in [1.807, 2.05) is 26.0 Å². The average molecular weight is 207 g/mol. The fraction of sp³-hybridized carbons (Fsp3) is 0.417. The van der Waals surface area contributed by atoms with Gasteiger partial charge in [-0.15, -0.1) is 0 Å². The number of carbonyl (C=O) groups excluding carboxylic acids is 1. The van der Waals surface area contributed by atoms with Crippen LogP contribution in [0.15, 0.2) is 12.1 Å². The highest BCUT2D eigenvalue weighted by molar-refractivity contribution is 5.89. The van der Waals surface area contributed by atoms with Crippen molar-refractivity contribution in [2.45, 2.75) is 33.8 Å². The molecule has 3 heteroatoms. The number of aliphatic hydroxyl groups is 1. The van der Waals surface area contributed by atoms with Crippen molar-refractivity contribution in [1.29, 1.82) is 0 Å². The van der Waals surface area contributed by atoms with Gasteiger partial charge in [0, 0.05) is 12.6 Å². The van der Waals surface area contributed by atoms with Gasteiger partial charge in [0.1, 0.15) is 0 Å². The van der Waals surface area contributed by atoms with E-state index in [9.17, 15) is 4.79 Å². The summed E-state index contributed by atoms with van der Waals surface area (Å²) in [6.07, 6.45) is 0.868. The lowest BCUT2D eigenvalue weighted by Gasteiger charge is -2.13. The van der Waals surface area contributed by atoms with E-state index in [1.54, 1.807) is 0 Å². The number of benzene rings is 1. The van der Waals surface area contributed by atoms with Gasteiger partial charge in [-0.1, -0.05) is 13.0 Å². The predicted octanol–water partition coefficient (Wildman–Crippen LogP) is 2.01. The second kappa shape index (κ2) is 4.94. The Morgan fingerprint density at radius 1 is 1.47 bits per heavy atom. The Kier molecular flexibility index (Phi) is 3.86. The fourth-order valence-electron chi connectivity index (χ4n) is 1.75. The van der Waals surface area contributed by atoms with E-state index < -0.39 is 0 Å². The van der Waals surface area contributed by atoms with E-state index in [2.05, 4.69) is 5.32 Å². The third-order valence-electron chi connectivity index (χ3n) is 2.38. The minimum atomic E-state index is -0.0841. The Labute approximate surface area is 90.1 Å². The van der Waals surface area contributed by atoms with Crippen LogP contribution in [0.4, 0.5) is 5.69 Å². The van der Waals surface area contributed by atoms with Gasteiger partial charge in [0.15, 0.2) is 0 Å². The first-order valence-corrected chi connectivity index (χ1v) is 5.09. The van der Waals surface area contributed by atoms with Crippen LogP contribution < -0.4 is 5.32 Å². The van der Waals surface area contributed by atoms with Crippen molar-refractivity contribution >= 4 is 11.6 Å². The molecule has 0 radical (unpaired) electrons. The van der Waals surface area contributed by atoms with E-state index >= 15 is 0 Å². The number of nitrogens with one attached hydrogen (secondary N) is 1. The van der Waals surface area contributed by atoms with Crippen LogP contribution in [-0.2, 0) is 17.8 Å². The summed E-state index contributed by atoms with van der Waals surface area (Å²) in [7, 11) is 0. The third-order valence-corrected chi connectivity index (χ3v) is 2.38. The molecule has 1 rings (SSSR count). The number of hydrogen-bond acceptors (Lipinski definition) is 2. The Balaban J connectivity index is 3.19. The van der Waals surface area contributed by atoms with E-state index in [-0.39, 0.29) is 12.5 Å². The second-order valence-corrected chi connectivity index (χ2v) is 3.63. The normalized spacial score (nSPS) is 10.1. The zero-order valence-electron chi connectivity index (χ0n) is 9.42. The van der Waals surface area contributed by atoms with E-state index in [0.717, 1.165) is 28.8 Å². The van der Waals surface area contributed by atoms with Crippen molar-refractivity contribution < 1.29 is 9.90 Å². The van der Waals surface area contributed by atoms with Gasteiger partial charge in [0.05, 0.1) is 6.61 Å². The van der Waals surface area contributed by atoms with E-state index in [4.69, 9.17) is 5.11 Å². The highest BCUT2D eigenvalue weighted by Gasteiger charge is 2.07. The van der Waals surface area contributed by atoms with Gasteiger partial charge in [-0.2, -0.15) is 0 Å². The van der Waals surface area contributed by atoms with Crippen molar-refractivity contribution in [3.05, 3.63) is 28.8 Å². The Morgan fingerprint density at radius 2 is 2.13 bits per heavy atom. The monoisotopic (exact) mass is 207 g/mol. The quantitative estimate of drug-likeness (QED) is 0.796. The molecule has 0 bridgehead atoms. The van der Waals surface area contributed by atoms with Crippen LogP contribution in [0.3, 0.4) is 0 Å². The maximum atomic E-state index is 11.0. The van der Waals surface area contributed by atoms with Crippen molar-refractivity contribution in [3.8, 4) is 0 Å². The van der Waals surface area contributed by atoms with Crippen LogP contribution in [0.2, 0.25) is 0 Å². The molecule has 1 amide bonds. The van der Waals surface area contributed by atoms with Gasteiger partial charge in [0.25, 0.3) is 0 Å². The maximum absolute atomic E-state index is 11.0. The van der Waals surface area contributed by atoms with Crippen LogP contribution in [0.25, 0.3) is 0 Å². The van der Waals surface area contributed by atoms with Gasteiger partial charge in [-0.05, 0) is 36.1 Å². The number of rotatable bonds is 3. The average Bonchev–Trinajstić information content (AvgIpc) is 2.16. The van der Waals surface area contributed by atoms with Gasteiger partial charge in [-0.3, -0.25) is 4.79 Å². The number of aryl methyl sites for hydroxylation is 1. The number of aliphatic hydroxyl groups excluding tert-OH is 1. The molecule has 0 saturated heterocycles. The molecule has 0 heterocycles. The van der Waals surface area contributed by atoms with Crippen molar-refractivity contribution in [1.82, 2.24) is 0 Å². The zero-order valence-corrected chi connectivity index (χ0v) is 9.42. The van der Waals surface area contributed by atoms with Crippen molar-refractivity contribution in [2.24, 2.45) is 0 Å². The molecule has 0 aliphatic rings. The molecular formula is C12H17NO2. The summed E-state index contributed by atoms with van der Waals surface area (Å²) in [5.74, 6) is -0.0841. The molecule has 0 aliphatic heterocycles. The Hall–Kier alpha value is -1.35. The fourth-order valence-corrected chi connectivity index (χ4v) is 1.75. The summed E-state index contributed by atoms with van der Waals surface area (Å²) in [6.45, 7) is 5.52. The number of amides is 1. The lowest BCUT2D eigenvalue weighted by molar-refractivity contribution is -0.114. The highest BCUT2D eigenvalue weighted by Crippen LogP contribution is 2.23. The van der Waals surface area contributed by atoms with Gasteiger partial charge in [0.2, 0.25) is 5.91 Å². The molecule has 1 aromatic carbocycles.